The molecule has 0 unspecified atom stereocenters. The molecular weight excluding hydrogens is 437 g/mol. The van der Waals surface area contributed by atoms with E-state index in [0.717, 1.165) is 5.56 Å². The first-order chi connectivity index (χ1) is 16.2. The molecule has 0 saturated heterocycles. The van der Waals surface area contributed by atoms with Gasteiger partial charge in [-0.2, -0.15) is 5.10 Å². The highest BCUT2D eigenvalue weighted by Crippen LogP contribution is 2.24. The lowest BCUT2D eigenvalue weighted by Gasteiger charge is -2.10. The summed E-state index contributed by atoms with van der Waals surface area (Å²) in [6.07, 6.45) is 0. The molecule has 34 heavy (non-hydrogen) atoms. The minimum Gasteiger partial charge on any atom is -0.366 e. The number of pyridine rings is 1. The van der Waals surface area contributed by atoms with Gasteiger partial charge in [-0.25, -0.2) is 9.37 Å². The van der Waals surface area contributed by atoms with Gasteiger partial charge in [-0.1, -0.05) is 30.3 Å². The molecule has 4 aromatic rings. The minimum atomic E-state index is -0.859. The molecule has 0 fully saturated rings. The topological polar surface area (TPSA) is 120 Å². The molecule has 0 saturated carbocycles. The Morgan fingerprint density at radius 1 is 1.09 bits per heavy atom. The first kappa shape index (κ1) is 22.8. The van der Waals surface area contributed by atoms with E-state index in [0.29, 0.717) is 29.2 Å². The first-order valence-corrected chi connectivity index (χ1v) is 10.5. The van der Waals surface area contributed by atoms with Crippen molar-refractivity contribution < 1.29 is 18.8 Å². The Balaban J connectivity index is 1.63. The Morgan fingerprint density at radius 3 is 2.44 bits per heavy atom. The number of hydrogen-bond donors (Lipinski definition) is 2. The molecule has 9 heteroatoms. The Morgan fingerprint density at radius 2 is 1.79 bits per heavy atom. The monoisotopic (exact) mass is 459 g/mol. The van der Waals surface area contributed by atoms with E-state index in [-0.39, 0.29) is 27.9 Å². The molecule has 2 heterocycles. The molecular formula is C25H22FN5O3. The van der Waals surface area contributed by atoms with Crippen molar-refractivity contribution in [2.75, 3.05) is 5.32 Å². The summed E-state index contributed by atoms with van der Waals surface area (Å²) in [5, 5.41) is 7.28. The van der Waals surface area contributed by atoms with Crippen LogP contribution in [0.5, 0.6) is 0 Å². The summed E-state index contributed by atoms with van der Waals surface area (Å²) in [6.45, 7) is 5.53. The van der Waals surface area contributed by atoms with Crippen molar-refractivity contribution in [1.82, 2.24) is 14.8 Å². The van der Waals surface area contributed by atoms with Crippen molar-refractivity contribution >= 4 is 34.2 Å². The van der Waals surface area contributed by atoms with Crippen LogP contribution in [-0.2, 0) is 6.54 Å². The Bertz CT molecular complexity index is 1460. The third-order valence-electron chi connectivity index (χ3n) is 5.59. The summed E-state index contributed by atoms with van der Waals surface area (Å²) in [5.41, 5.74) is 8.77. The van der Waals surface area contributed by atoms with Crippen LogP contribution in [0, 0.1) is 19.7 Å². The number of carbonyl (C=O) groups is 3. The second-order valence-corrected chi connectivity index (χ2v) is 7.96. The van der Waals surface area contributed by atoms with Crippen LogP contribution in [0.15, 0.2) is 48.5 Å². The summed E-state index contributed by atoms with van der Waals surface area (Å²) in [5.74, 6) is -2.09. The first-order valence-electron chi connectivity index (χ1n) is 10.5. The number of amides is 2. The highest BCUT2D eigenvalue weighted by molar-refractivity contribution is 6.10. The fourth-order valence-electron chi connectivity index (χ4n) is 3.78. The van der Waals surface area contributed by atoms with Gasteiger partial charge < -0.3 is 11.1 Å². The normalized spacial score (nSPS) is 10.9. The van der Waals surface area contributed by atoms with Crippen molar-refractivity contribution in [1.29, 1.82) is 0 Å². The molecule has 0 aliphatic heterocycles. The lowest BCUT2D eigenvalue weighted by molar-refractivity contribution is 0.0996. The lowest BCUT2D eigenvalue weighted by Crippen LogP contribution is -2.18. The molecule has 4 rings (SSSR count). The third-order valence-corrected chi connectivity index (χ3v) is 5.59. The quantitative estimate of drug-likeness (QED) is 0.425. The van der Waals surface area contributed by atoms with E-state index >= 15 is 0 Å². The van der Waals surface area contributed by atoms with Crippen LogP contribution in [-0.4, -0.2) is 32.4 Å². The van der Waals surface area contributed by atoms with Crippen molar-refractivity contribution in [2.45, 2.75) is 27.3 Å². The maximum absolute atomic E-state index is 14.3. The van der Waals surface area contributed by atoms with Crippen LogP contribution in [0.25, 0.3) is 10.9 Å². The number of benzene rings is 2. The van der Waals surface area contributed by atoms with E-state index in [9.17, 15) is 18.8 Å². The van der Waals surface area contributed by atoms with Crippen LogP contribution < -0.4 is 11.1 Å². The van der Waals surface area contributed by atoms with Gasteiger partial charge in [0.25, 0.3) is 5.91 Å². The van der Waals surface area contributed by atoms with E-state index < -0.39 is 17.6 Å². The maximum atomic E-state index is 14.3. The Hall–Kier alpha value is -4.40. The van der Waals surface area contributed by atoms with E-state index in [1.807, 2.05) is 19.1 Å². The van der Waals surface area contributed by atoms with Crippen molar-refractivity contribution in [3.05, 3.63) is 88.1 Å². The molecule has 8 nitrogen and oxygen atoms in total. The molecule has 0 radical (unpaired) electrons. The second-order valence-electron chi connectivity index (χ2n) is 7.96. The number of hydrogen-bond acceptors (Lipinski definition) is 5. The third kappa shape index (κ3) is 4.27. The van der Waals surface area contributed by atoms with E-state index in [4.69, 9.17) is 5.73 Å². The molecule has 0 aliphatic rings. The van der Waals surface area contributed by atoms with E-state index in [1.165, 1.54) is 31.2 Å². The molecule has 0 aliphatic carbocycles. The number of nitrogens with one attached hydrogen (secondary N) is 1. The zero-order valence-corrected chi connectivity index (χ0v) is 18.8. The van der Waals surface area contributed by atoms with Gasteiger partial charge in [-0.05, 0) is 44.5 Å². The van der Waals surface area contributed by atoms with Crippen LogP contribution in [0.3, 0.4) is 0 Å². The Kier molecular flexibility index (Phi) is 5.93. The van der Waals surface area contributed by atoms with Gasteiger partial charge in [0.15, 0.2) is 5.78 Å². The van der Waals surface area contributed by atoms with Crippen LogP contribution in [0.2, 0.25) is 0 Å². The number of ketones is 1. The average molecular weight is 459 g/mol. The molecule has 2 amide bonds. The fourth-order valence-corrected chi connectivity index (χ4v) is 3.78. The number of nitrogens with two attached hydrogens (primary N) is 1. The molecule has 2 aromatic carbocycles. The number of nitrogens with zero attached hydrogens (tertiary/aromatic N) is 3. The number of fused-ring (bicyclic) bond motifs is 1. The smallest absolute Gasteiger partial charge is 0.274 e. The fraction of sp³-hybridized carbons (Fsp3) is 0.160. The molecule has 0 spiro atoms. The predicted octanol–water partition coefficient (Wildman–Crippen LogP) is 3.79. The van der Waals surface area contributed by atoms with Gasteiger partial charge in [0, 0.05) is 10.9 Å². The summed E-state index contributed by atoms with van der Waals surface area (Å²) < 4.78 is 16.0. The number of halogens is 1. The zero-order chi connectivity index (χ0) is 24.6. The highest BCUT2D eigenvalue weighted by atomic mass is 19.1. The van der Waals surface area contributed by atoms with Gasteiger partial charge in [-0.3, -0.25) is 19.1 Å². The van der Waals surface area contributed by atoms with Gasteiger partial charge >= 0.3 is 0 Å². The van der Waals surface area contributed by atoms with E-state index in [2.05, 4.69) is 15.4 Å². The summed E-state index contributed by atoms with van der Waals surface area (Å²) in [7, 11) is 0. The summed E-state index contributed by atoms with van der Waals surface area (Å²) in [6, 6.07) is 12.6. The highest BCUT2D eigenvalue weighted by Gasteiger charge is 2.20. The lowest BCUT2D eigenvalue weighted by atomic mass is 10.1. The molecule has 172 valence electrons. The number of Topliss-reactive ketones (excluding diaryl/α,β-unsaturated/α-hetero) is 1. The van der Waals surface area contributed by atoms with Crippen molar-refractivity contribution in [2.24, 2.45) is 5.73 Å². The predicted molar refractivity (Wildman–Crippen MR) is 125 cm³/mol. The number of anilines is 1. The number of aromatic nitrogens is 3. The number of rotatable bonds is 6. The largest absolute Gasteiger partial charge is 0.366 e. The summed E-state index contributed by atoms with van der Waals surface area (Å²) in [4.78, 5) is 40.6. The maximum Gasteiger partial charge on any atom is 0.274 e. The van der Waals surface area contributed by atoms with Gasteiger partial charge in [0.1, 0.15) is 11.5 Å². The molecule has 3 N–H and O–H groups in total. The number of aryl methyl sites for hydroxylation is 1. The second kappa shape index (κ2) is 8.86. The molecule has 0 bridgehead atoms. The molecule has 0 atom stereocenters. The van der Waals surface area contributed by atoms with Crippen molar-refractivity contribution in [3.63, 3.8) is 0 Å². The van der Waals surface area contributed by atoms with E-state index in [1.54, 1.807) is 23.7 Å². The van der Waals surface area contributed by atoms with Crippen LogP contribution in [0.1, 0.15) is 55.1 Å². The van der Waals surface area contributed by atoms with Crippen LogP contribution in [0.4, 0.5) is 10.1 Å². The number of primary amides is 1. The van der Waals surface area contributed by atoms with Gasteiger partial charge in [0.2, 0.25) is 5.91 Å². The molecule has 2 aromatic heterocycles. The van der Waals surface area contributed by atoms with Crippen molar-refractivity contribution in [3.8, 4) is 0 Å². The van der Waals surface area contributed by atoms with Crippen LogP contribution >= 0.6 is 0 Å². The van der Waals surface area contributed by atoms with Gasteiger partial charge in [0.05, 0.1) is 34.7 Å². The summed E-state index contributed by atoms with van der Waals surface area (Å²) >= 11 is 0. The minimum absolute atomic E-state index is 0.00723. The SMILES string of the molecule is CC(=O)c1ccc(Cn2nc(C)c(NC(=O)c3cc(C(N)=O)c4c(F)cccc4n3)c2C)cc1. The zero-order valence-electron chi connectivity index (χ0n) is 18.8. The standard InChI is InChI=1S/C25H22FN5O3/c1-13-23(14(2)31(30-13)12-16-7-9-17(10-8-16)15(3)32)29-25(34)21-11-18(24(27)33)22-19(26)5-4-6-20(22)28-21/h4-11H,12H2,1-3H3,(H2,27,33)(H,29,34). The Labute approximate surface area is 194 Å². The number of carbonyl (C=O) groups excluding carboxylic acids is 3. The average Bonchev–Trinajstić information content (AvgIpc) is 3.06. The van der Waals surface area contributed by atoms with Gasteiger partial charge in [-0.15, -0.1) is 0 Å².